The van der Waals surface area contributed by atoms with Crippen LogP contribution in [0.5, 0.6) is 0 Å². The molecule has 5 heteroatoms. The second-order valence-electron chi connectivity index (χ2n) is 5.17. The Bertz CT molecular complexity index is 320. The summed E-state index contributed by atoms with van der Waals surface area (Å²) >= 11 is 0. The van der Waals surface area contributed by atoms with Gasteiger partial charge in [-0.3, -0.25) is 0 Å². The standard InChI is InChI=1S/C12H20FNO3/c1-12(2,3)17-11(16)14-6-4-5-9(7-14)10(13)8-15/h15H,4-8H2,1-3H3/b10-9-. The zero-order valence-corrected chi connectivity index (χ0v) is 10.6. The second-order valence-corrected chi connectivity index (χ2v) is 5.17. The van der Waals surface area contributed by atoms with Gasteiger partial charge in [0.15, 0.2) is 0 Å². The molecule has 1 amide bonds. The molecule has 0 aromatic carbocycles. The van der Waals surface area contributed by atoms with E-state index in [1.165, 1.54) is 4.90 Å². The Morgan fingerprint density at radius 2 is 2.18 bits per heavy atom. The lowest BCUT2D eigenvalue weighted by Crippen LogP contribution is -2.40. The van der Waals surface area contributed by atoms with Crippen LogP contribution in [-0.4, -0.2) is 41.4 Å². The van der Waals surface area contributed by atoms with Crippen molar-refractivity contribution >= 4 is 6.09 Å². The number of likely N-dealkylation sites (tertiary alicyclic amines) is 1. The lowest BCUT2D eigenvalue weighted by atomic mass is 10.0. The van der Waals surface area contributed by atoms with Gasteiger partial charge in [-0.2, -0.15) is 0 Å². The van der Waals surface area contributed by atoms with Crippen LogP contribution in [0, 0.1) is 0 Å². The molecule has 4 nitrogen and oxygen atoms in total. The molecule has 1 aliphatic rings. The van der Waals surface area contributed by atoms with E-state index >= 15 is 0 Å². The number of rotatable bonds is 1. The minimum Gasteiger partial charge on any atom is -0.444 e. The summed E-state index contributed by atoms with van der Waals surface area (Å²) in [6.45, 7) is 5.55. The Morgan fingerprint density at radius 3 is 2.71 bits per heavy atom. The minimum atomic E-state index is -0.600. The zero-order chi connectivity index (χ0) is 13.1. The van der Waals surface area contributed by atoms with Gasteiger partial charge in [-0.05, 0) is 39.2 Å². The molecule has 0 aromatic rings. The number of amides is 1. The fourth-order valence-corrected chi connectivity index (χ4v) is 1.69. The summed E-state index contributed by atoms with van der Waals surface area (Å²) in [6, 6.07) is 0. The molecule has 0 atom stereocenters. The monoisotopic (exact) mass is 245 g/mol. The average Bonchev–Trinajstić information content (AvgIpc) is 2.26. The van der Waals surface area contributed by atoms with Gasteiger partial charge >= 0.3 is 6.09 Å². The van der Waals surface area contributed by atoms with E-state index in [2.05, 4.69) is 0 Å². The van der Waals surface area contributed by atoms with Crippen molar-refractivity contribution in [2.45, 2.75) is 39.2 Å². The van der Waals surface area contributed by atoms with Crippen molar-refractivity contribution in [1.29, 1.82) is 0 Å². The van der Waals surface area contributed by atoms with E-state index in [0.717, 1.165) is 0 Å². The maximum absolute atomic E-state index is 13.2. The molecule has 0 aliphatic carbocycles. The smallest absolute Gasteiger partial charge is 0.410 e. The number of piperidine rings is 1. The highest BCUT2D eigenvalue weighted by molar-refractivity contribution is 5.68. The molecule has 0 saturated carbocycles. The van der Waals surface area contributed by atoms with Crippen molar-refractivity contribution in [1.82, 2.24) is 4.90 Å². The highest BCUT2D eigenvalue weighted by Gasteiger charge is 2.26. The van der Waals surface area contributed by atoms with Crippen LogP contribution in [0.3, 0.4) is 0 Å². The molecule has 0 bridgehead atoms. The SMILES string of the molecule is CC(C)(C)OC(=O)N1CCC/C(=C(/F)CO)C1. The van der Waals surface area contributed by atoms with Gasteiger partial charge in [0.2, 0.25) is 0 Å². The van der Waals surface area contributed by atoms with Crippen molar-refractivity contribution in [2.24, 2.45) is 0 Å². The summed E-state index contributed by atoms with van der Waals surface area (Å²) < 4.78 is 18.5. The van der Waals surface area contributed by atoms with Gasteiger partial charge in [0.1, 0.15) is 11.4 Å². The first-order chi connectivity index (χ1) is 7.83. The Kier molecular flexibility index (Phi) is 4.51. The number of ether oxygens (including phenoxy) is 1. The maximum Gasteiger partial charge on any atom is 0.410 e. The fraction of sp³-hybridized carbons (Fsp3) is 0.750. The fourth-order valence-electron chi connectivity index (χ4n) is 1.69. The number of aliphatic hydroxyl groups is 1. The van der Waals surface area contributed by atoms with E-state index in [1.807, 2.05) is 0 Å². The molecule has 17 heavy (non-hydrogen) atoms. The number of nitrogens with zero attached hydrogens (tertiary/aromatic N) is 1. The highest BCUT2D eigenvalue weighted by Crippen LogP contribution is 2.21. The van der Waals surface area contributed by atoms with Gasteiger partial charge in [-0.15, -0.1) is 0 Å². The summed E-state index contributed by atoms with van der Waals surface area (Å²) in [5, 5.41) is 8.73. The average molecular weight is 245 g/mol. The predicted octanol–water partition coefficient (Wildman–Crippen LogP) is 2.23. The van der Waals surface area contributed by atoms with Crippen LogP contribution in [0.25, 0.3) is 0 Å². The van der Waals surface area contributed by atoms with Crippen molar-refractivity contribution in [3.05, 3.63) is 11.4 Å². The molecule has 0 radical (unpaired) electrons. The molecule has 1 N–H and O–H groups in total. The van der Waals surface area contributed by atoms with E-state index in [1.54, 1.807) is 20.8 Å². The zero-order valence-electron chi connectivity index (χ0n) is 10.6. The first-order valence-electron chi connectivity index (χ1n) is 5.78. The van der Waals surface area contributed by atoms with Crippen molar-refractivity contribution < 1.29 is 19.0 Å². The van der Waals surface area contributed by atoms with Gasteiger partial charge in [0.25, 0.3) is 0 Å². The molecule has 98 valence electrons. The van der Waals surface area contributed by atoms with Crippen molar-refractivity contribution in [3.8, 4) is 0 Å². The van der Waals surface area contributed by atoms with E-state index in [9.17, 15) is 9.18 Å². The molecular formula is C12H20FNO3. The van der Waals surface area contributed by atoms with Crippen LogP contribution < -0.4 is 0 Å². The quantitative estimate of drug-likeness (QED) is 0.770. The number of halogens is 1. The Morgan fingerprint density at radius 1 is 1.53 bits per heavy atom. The summed E-state index contributed by atoms with van der Waals surface area (Å²) in [6.07, 6.45) is 0.855. The first kappa shape index (κ1) is 14.0. The van der Waals surface area contributed by atoms with Crippen LogP contribution in [0.1, 0.15) is 33.6 Å². The third-order valence-corrected chi connectivity index (χ3v) is 2.46. The molecular weight excluding hydrogens is 225 g/mol. The van der Waals surface area contributed by atoms with E-state index in [-0.39, 0.29) is 6.54 Å². The number of carbonyl (C=O) groups is 1. The van der Waals surface area contributed by atoms with Crippen LogP contribution in [-0.2, 0) is 4.74 Å². The summed E-state index contributed by atoms with van der Waals surface area (Å²) in [7, 11) is 0. The molecule has 0 aromatic heterocycles. The normalized spacial score (nSPS) is 20.2. The highest BCUT2D eigenvalue weighted by atomic mass is 19.1. The molecule has 1 saturated heterocycles. The molecule has 1 heterocycles. The maximum atomic E-state index is 13.2. The number of hydrogen-bond acceptors (Lipinski definition) is 3. The topological polar surface area (TPSA) is 49.8 Å². The Labute approximate surface area is 101 Å². The number of hydrogen-bond donors (Lipinski definition) is 1. The lowest BCUT2D eigenvalue weighted by Gasteiger charge is -2.31. The molecule has 0 unspecified atom stereocenters. The summed E-state index contributed by atoms with van der Waals surface area (Å²) in [5.41, 5.74) is -0.0573. The molecule has 0 spiro atoms. The Hall–Kier alpha value is -1.10. The number of aliphatic hydroxyl groups excluding tert-OH is 1. The summed E-state index contributed by atoms with van der Waals surface area (Å²) in [4.78, 5) is 13.2. The molecule has 1 fully saturated rings. The number of carbonyl (C=O) groups excluding carboxylic acids is 1. The van der Waals surface area contributed by atoms with Gasteiger partial charge in [-0.25, -0.2) is 9.18 Å². The second kappa shape index (κ2) is 5.49. The van der Waals surface area contributed by atoms with Crippen LogP contribution in [0.4, 0.5) is 9.18 Å². The van der Waals surface area contributed by atoms with Crippen LogP contribution >= 0.6 is 0 Å². The van der Waals surface area contributed by atoms with Crippen LogP contribution in [0.15, 0.2) is 11.4 Å². The van der Waals surface area contributed by atoms with E-state index in [0.29, 0.717) is 25.0 Å². The summed E-state index contributed by atoms with van der Waals surface area (Å²) in [5.74, 6) is -0.529. The molecule has 1 aliphatic heterocycles. The lowest BCUT2D eigenvalue weighted by molar-refractivity contribution is 0.0244. The van der Waals surface area contributed by atoms with Gasteiger partial charge in [0.05, 0.1) is 6.61 Å². The predicted molar refractivity (Wildman–Crippen MR) is 62.3 cm³/mol. The van der Waals surface area contributed by atoms with Crippen molar-refractivity contribution in [3.63, 3.8) is 0 Å². The van der Waals surface area contributed by atoms with Gasteiger partial charge in [0, 0.05) is 13.1 Å². The third kappa shape index (κ3) is 4.34. The minimum absolute atomic E-state index is 0.210. The van der Waals surface area contributed by atoms with E-state index < -0.39 is 24.1 Å². The Balaban J connectivity index is 2.64. The largest absolute Gasteiger partial charge is 0.444 e. The third-order valence-electron chi connectivity index (χ3n) is 2.46. The van der Waals surface area contributed by atoms with Crippen LogP contribution in [0.2, 0.25) is 0 Å². The van der Waals surface area contributed by atoms with Crippen molar-refractivity contribution in [2.75, 3.05) is 19.7 Å². The molecule has 1 rings (SSSR count). The first-order valence-corrected chi connectivity index (χ1v) is 5.78. The van der Waals surface area contributed by atoms with E-state index in [4.69, 9.17) is 9.84 Å². The van der Waals surface area contributed by atoms with Gasteiger partial charge in [-0.1, -0.05) is 0 Å². The van der Waals surface area contributed by atoms with Gasteiger partial charge < -0.3 is 14.7 Å².